The van der Waals surface area contributed by atoms with Crippen molar-refractivity contribution in [2.45, 2.75) is 51.0 Å². The molecule has 4 nitrogen and oxygen atoms in total. The lowest BCUT2D eigenvalue weighted by atomic mass is 9.86. The Morgan fingerprint density at radius 2 is 2.04 bits per heavy atom. The summed E-state index contributed by atoms with van der Waals surface area (Å²) >= 11 is 1.52. The number of carbonyl (C=O) groups excluding carboxylic acids is 2. The molecule has 1 aromatic carbocycles. The lowest BCUT2D eigenvalue weighted by Crippen LogP contribution is -2.38. The number of hydrogen-bond acceptors (Lipinski definition) is 3. The van der Waals surface area contributed by atoms with E-state index < -0.39 is 6.04 Å². The molecule has 28 heavy (non-hydrogen) atoms. The Morgan fingerprint density at radius 3 is 2.79 bits per heavy atom. The molecule has 6 heteroatoms. The summed E-state index contributed by atoms with van der Waals surface area (Å²) in [4.78, 5) is 28.2. The largest absolute Gasteiger partial charge is 0.324 e. The van der Waals surface area contributed by atoms with Crippen molar-refractivity contribution in [3.8, 4) is 0 Å². The van der Waals surface area contributed by atoms with Crippen LogP contribution in [0.2, 0.25) is 0 Å². The van der Waals surface area contributed by atoms with Gasteiger partial charge in [0.15, 0.2) is 0 Å². The number of hydrogen-bond donors (Lipinski definition) is 1. The van der Waals surface area contributed by atoms with Crippen molar-refractivity contribution < 1.29 is 14.0 Å². The van der Waals surface area contributed by atoms with Gasteiger partial charge in [0.2, 0.25) is 11.8 Å². The Bertz CT molecular complexity index is 846. The molecule has 148 valence electrons. The molecule has 1 aromatic heterocycles. The summed E-state index contributed by atoms with van der Waals surface area (Å²) in [6, 6.07) is 7.78. The normalized spacial score (nSPS) is 20.4. The van der Waals surface area contributed by atoms with Gasteiger partial charge in [-0.3, -0.25) is 9.59 Å². The Hall–Kier alpha value is -2.21. The molecule has 0 radical (unpaired) electrons. The Morgan fingerprint density at radius 1 is 1.21 bits per heavy atom. The Balaban J connectivity index is 1.63. The number of rotatable bonds is 4. The lowest BCUT2D eigenvalue weighted by molar-refractivity contribution is -0.136. The summed E-state index contributed by atoms with van der Waals surface area (Å²) in [5.41, 5.74) is 1.21. The van der Waals surface area contributed by atoms with E-state index >= 15 is 0 Å². The van der Waals surface area contributed by atoms with Crippen molar-refractivity contribution in [2.24, 2.45) is 5.92 Å². The molecule has 0 bridgehead atoms. The van der Waals surface area contributed by atoms with Gasteiger partial charge >= 0.3 is 0 Å². The molecule has 2 aromatic rings. The number of anilines is 1. The average Bonchev–Trinajstić information content (AvgIpc) is 3.18. The first kappa shape index (κ1) is 19.1. The highest BCUT2D eigenvalue weighted by Crippen LogP contribution is 2.39. The highest BCUT2D eigenvalue weighted by Gasteiger charge is 2.34. The summed E-state index contributed by atoms with van der Waals surface area (Å²) < 4.78 is 14.0. The number of halogens is 1. The number of carbonyl (C=O) groups is 2. The molecule has 4 rings (SSSR count). The first-order valence-electron chi connectivity index (χ1n) is 10.0. The van der Waals surface area contributed by atoms with Gasteiger partial charge < -0.3 is 10.2 Å². The van der Waals surface area contributed by atoms with Gasteiger partial charge in [-0.05, 0) is 42.0 Å². The third-order valence-corrected chi connectivity index (χ3v) is 6.76. The lowest BCUT2D eigenvalue weighted by Gasteiger charge is -2.30. The molecule has 0 spiro atoms. The second kappa shape index (κ2) is 8.43. The van der Waals surface area contributed by atoms with Crippen LogP contribution in [0.25, 0.3) is 0 Å². The van der Waals surface area contributed by atoms with Crippen LogP contribution in [0.3, 0.4) is 0 Å². The van der Waals surface area contributed by atoms with Gasteiger partial charge in [0.05, 0.1) is 6.04 Å². The van der Waals surface area contributed by atoms with E-state index in [-0.39, 0.29) is 24.2 Å². The fraction of sp³-hybridized carbons (Fsp3) is 0.455. The van der Waals surface area contributed by atoms with Crippen LogP contribution in [0.4, 0.5) is 10.1 Å². The number of fused-ring (bicyclic) bond motifs is 1. The minimum atomic E-state index is -0.441. The molecule has 1 saturated carbocycles. The maximum absolute atomic E-state index is 14.0. The van der Waals surface area contributed by atoms with Crippen molar-refractivity contribution in [1.82, 2.24) is 4.90 Å². The summed E-state index contributed by atoms with van der Waals surface area (Å²) in [5.74, 6) is -0.0383. The van der Waals surface area contributed by atoms with Crippen LogP contribution in [-0.4, -0.2) is 23.3 Å². The maximum atomic E-state index is 14.0. The number of thiophene rings is 1. The van der Waals surface area contributed by atoms with E-state index in [0.29, 0.717) is 23.6 Å². The quantitative estimate of drug-likeness (QED) is 0.775. The fourth-order valence-corrected chi connectivity index (χ4v) is 5.26. The molecule has 2 aliphatic rings. The van der Waals surface area contributed by atoms with Gasteiger partial charge in [0.25, 0.3) is 0 Å². The second-order valence-electron chi connectivity index (χ2n) is 7.76. The molecule has 0 saturated heterocycles. The van der Waals surface area contributed by atoms with Crippen molar-refractivity contribution in [3.05, 3.63) is 52.0 Å². The Labute approximate surface area is 168 Å². The SMILES string of the molecule is O=C1CN(C(=O)CCC2CCCCC2)C(c2cccs2)c2cc(F)ccc2N1. The molecular formula is C22H25FN2O2S. The van der Waals surface area contributed by atoms with Gasteiger partial charge in [0, 0.05) is 22.5 Å². The monoisotopic (exact) mass is 400 g/mol. The van der Waals surface area contributed by atoms with Crippen LogP contribution in [0.15, 0.2) is 35.7 Å². The first-order valence-corrected chi connectivity index (χ1v) is 10.9. The fourth-order valence-electron chi connectivity index (χ4n) is 4.41. The van der Waals surface area contributed by atoms with Crippen LogP contribution < -0.4 is 5.32 Å². The minimum Gasteiger partial charge on any atom is -0.324 e. The molecule has 1 fully saturated rings. The molecule has 1 unspecified atom stereocenters. The second-order valence-corrected chi connectivity index (χ2v) is 8.74. The van der Waals surface area contributed by atoms with Crippen molar-refractivity contribution in [1.29, 1.82) is 0 Å². The van der Waals surface area contributed by atoms with E-state index in [0.717, 1.165) is 11.3 Å². The number of nitrogens with zero attached hydrogens (tertiary/aromatic N) is 1. The zero-order valence-corrected chi connectivity index (χ0v) is 16.6. The van der Waals surface area contributed by atoms with Gasteiger partial charge in [-0.15, -0.1) is 11.3 Å². The van der Waals surface area contributed by atoms with E-state index in [4.69, 9.17) is 0 Å². The van der Waals surface area contributed by atoms with E-state index in [2.05, 4.69) is 5.32 Å². The van der Waals surface area contributed by atoms with Gasteiger partial charge in [0.1, 0.15) is 12.4 Å². The van der Waals surface area contributed by atoms with Gasteiger partial charge in [-0.2, -0.15) is 0 Å². The zero-order valence-electron chi connectivity index (χ0n) is 15.8. The van der Waals surface area contributed by atoms with Crippen LogP contribution in [0.5, 0.6) is 0 Å². The zero-order chi connectivity index (χ0) is 19.5. The van der Waals surface area contributed by atoms with E-state index in [9.17, 15) is 14.0 Å². The molecule has 2 heterocycles. The molecule has 1 N–H and O–H groups in total. The first-order chi connectivity index (χ1) is 13.6. The van der Waals surface area contributed by atoms with Crippen molar-refractivity contribution in [3.63, 3.8) is 0 Å². The molecule has 1 aliphatic heterocycles. The predicted molar refractivity (Wildman–Crippen MR) is 109 cm³/mol. The number of benzene rings is 1. The van der Waals surface area contributed by atoms with Crippen LogP contribution >= 0.6 is 11.3 Å². The summed E-state index contributed by atoms with van der Waals surface area (Å²) in [7, 11) is 0. The third kappa shape index (κ3) is 4.12. The topological polar surface area (TPSA) is 49.4 Å². The molecule has 2 amide bonds. The van der Waals surface area contributed by atoms with Crippen molar-refractivity contribution in [2.75, 3.05) is 11.9 Å². The minimum absolute atomic E-state index is 0.0115. The van der Waals surface area contributed by atoms with Crippen molar-refractivity contribution >= 4 is 28.8 Å². The van der Waals surface area contributed by atoms with E-state index in [1.807, 2.05) is 17.5 Å². The van der Waals surface area contributed by atoms with Crippen LogP contribution in [0.1, 0.15) is 61.4 Å². The summed E-state index contributed by atoms with van der Waals surface area (Å²) in [6.45, 7) is -0.0115. The standard InChI is InChI=1S/C22H25FN2O2S/c23-16-9-10-18-17(13-16)22(19-7-4-12-28-19)25(14-20(26)24-18)21(27)11-8-15-5-2-1-3-6-15/h4,7,9-10,12-13,15,22H,1-3,5-6,8,11,14H2,(H,24,26). The smallest absolute Gasteiger partial charge is 0.244 e. The summed E-state index contributed by atoms with van der Waals surface area (Å²) in [5, 5.41) is 4.78. The van der Waals surface area contributed by atoms with Gasteiger partial charge in [-0.1, -0.05) is 38.2 Å². The Kier molecular flexibility index (Phi) is 5.76. The predicted octanol–water partition coefficient (Wildman–Crippen LogP) is 5.12. The van der Waals surface area contributed by atoms with E-state index in [1.54, 1.807) is 11.0 Å². The van der Waals surface area contributed by atoms with Crippen LogP contribution in [0, 0.1) is 11.7 Å². The maximum Gasteiger partial charge on any atom is 0.244 e. The third-order valence-electron chi connectivity index (χ3n) is 5.83. The highest BCUT2D eigenvalue weighted by molar-refractivity contribution is 7.10. The highest BCUT2D eigenvalue weighted by atomic mass is 32.1. The molecule has 1 atom stereocenters. The number of nitrogens with one attached hydrogen (secondary N) is 1. The number of amides is 2. The average molecular weight is 401 g/mol. The van der Waals surface area contributed by atoms with Crippen LogP contribution in [-0.2, 0) is 9.59 Å². The van der Waals surface area contributed by atoms with Gasteiger partial charge in [-0.25, -0.2) is 4.39 Å². The molecule has 1 aliphatic carbocycles. The summed E-state index contributed by atoms with van der Waals surface area (Å²) in [6.07, 6.45) is 7.46. The molecular weight excluding hydrogens is 375 g/mol. The van der Waals surface area contributed by atoms with E-state index in [1.165, 1.54) is 55.6 Å².